The van der Waals surface area contributed by atoms with Gasteiger partial charge in [0.25, 0.3) is 0 Å². The van der Waals surface area contributed by atoms with Crippen LogP contribution in [0.3, 0.4) is 0 Å². The van der Waals surface area contributed by atoms with Crippen molar-refractivity contribution in [1.82, 2.24) is 10.2 Å². The van der Waals surface area contributed by atoms with Gasteiger partial charge in [-0.25, -0.2) is 0 Å². The van der Waals surface area contributed by atoms with Crippen molar-refractivity contribution < 1.29 is 9.59 Å². The molecule has 1 aliphatic rings. The van der Waals surface area contributed by atoms with E-state index in [0.717, 1.165) is 19.3 Å². The third kappa shape index (κ3) is 3.69. The van der Waals surface area contributed by atoms with Crippen LogP contribution in [0.2, 0.25) is 0 Å². The van der Waals surface area contributed by atoms with Crippen LogP contribution in [-0.4, -0.2) is 42.4 Å². The predicted molar refractivity (Wildman–Crippen MR) is 75.5 cm³/mol. The van der Waals surface area contributed by atoms with E-state index in [2.05, 4.69) is 5.32 Å². The summed E-state index contributed by atoms with van der Waals surface area (Å²) < 4.78 is 0. The number of nitrogens with two attached hydrogens (primary N) is 1. The summed E-state index contributed by atoms with van der Waals surface area (Å²) in [5.41, 5.74) is 5.54. The fourth-order valence-electron chi connectivity index (χ4n) is 2.69. The van der Waals surface area contributed by atoms with Crippen LogP contribution in [0.1, 0.15) is 46.5 Å². The lowest BCUT2D eigenvalue weighted by atomic mass is 9.84. The van der Waals surface area contributed by atoms with E-state index >= 15 is 0 Å². The predicted octanol–water partition coefficient (Wildman–Crippen LogP) is 0.879. The van der Waals surface area contributed by atoms with Gasteiger partial charge in [-0.15, -0.1) is 0 Å². The molecule has 0 aliphatic heterocycles. The zero-order chi connectivity index (χ0) is 14.5. The molecule has 0 bridgehead atoms. The summed E-state index contributed by atoms with van der Waals surface area (Å²) in [7, 11) is 0. The van der Waals surface area contributed by atoms with Crippen LogP contribution >= 0.6 is 0 Å². The van der Waals surface area contributed by atoms with Crippen LogP contribution in [0.15, 0.2) is 0 Å². The van der Waals surface area contributed by atoms with E-state index in [9.17, 15) is 9.59 Å². The molecule has 2 unspecified atom stereocenters. The molecule has 3 N–H and O–H groups in total. The Labute approximate surface area is 115 Å². The first-order valence-corrected chi connectivity index (χ1v) is 7.27. The maximum Gasteiger partial charge on any atom is 0.227 e. The molecule has 1 fully saturated rings. The number of nitrogens with one attached hydrogen (secondary N) is 1. The van der Waals surface area contributed by atoms with Crippen LogP contribution in [-0.2, 0) is 9.59 Å². The van der Waals surface area contributed by atoms with E-state index in [1.165, 1.54) is 0 Å². The van der Waals surface area contributed by atoms with E-state index in [1.54, 1.807) is 4.90 Å². The minimum absolute atomic E-state index is 0.00940. The summed E-state index contributed by atoms with van der Waals surface area (Å²) in [5.74, 6) is 0.0796. The van der Waals surface area contributed by atoms with Crippen molar-refractivity contribution in [2.24, 2.45) is 11.1 Å². The standard InChI is InChI=1S/C14H27N3O2/c1-4-17(5-2)12(18)8-10-16-13(19)14(3)9-6-7-11(14)15/h11H,4-10,15H2,1-3H3,(H,16,19). The third-order valence-electron chi connectivity index (χ3n) is 4.29. The summed E-state index contributed by atoms with van der Waals surface area (Å²) >= 11 is 0. The minimum atomic E-state index is -0.460. The van der Waals surface area contributed by atoms with E-state index in [-0.39, 0.29) is 17.9 Å². The summed E-state index contributed by atoms with van der Waals surface area (Å²) in [6.45, 7) is 7.66. The van der Waals surface area contributed by atoms with Crippen LogP contribution in [0.4, 0.5) is 0 Å². The molecule has 1 aliphatic carbocycles. The summed E-state index contributed by atoms with van der Waals surface area (Å²) in [4.78, 5) is 25.7. The maximum atomic E-state index is 12.2. The monoisotopic (exact) mass is 269 g/mol. The van der Waals surface area contributed by atoms with Crippen molar-refractivity contribution in [2.75, 3.05) is 19.6 Å². The highest BCUT2D eigenvalue weighted by atomic mass is 16.2. The van der Waals surface area contributed by atoms with Crippen LogP contribution in [0.5, 0.6) is 0 Å². The molecule has 110 valence electrons. The highest BCUT2D eigenvalue weighted by molar-refractivity contribution is 5.84. The van der Waals surface area contributed by atoms with Gasteiger partial charge in [-0.3, -0.25) is 9.59 Å². The lowest BCUT2D eigenvalue weighted by Gasteiger charge is -2.27. The van der Waals surface area contributed by atoms with E-state index in [0.29, 0.717) is 26.1 Å². The lowest BCUT2D eigenvalue weighted by molar-refractivity contribution is -0.132. The van der Waals surface area contributed by atoms with Crippen molar-refractivity contribution in [2.45, 2.75) is 52.5 Å². The molecule has 5 heteroatoms. The van der Waals surface area contributed by atoms with Gasteiger partial charge in [0, 0.05) is 32.1 Å². The largest absolute Gasteiger partial charge is 0.355 e. The SMILES string of the molecule is CCN(CC)C(=O)CCNC(=O)C1(C)CCCC1N. The summed E-state index contributed by atoms with van der Waals surface area (Å²) in [6.07, 6.45) is 3.11. The summed E-state index contributed by atoms with van der Waals surface area (Å²) in [6, 6.07) is -0.0639. The maximum absolute atomic E-state index is 12.2. The van der Waals surface area contributed by atoms with E-state index < -0.39 is 5.41 Å². The second-order valence-electron chi connectivity index (χ2n) is 5.49. The van der Waals surface area contributed by atoms with Crippen molar-refractivity contribution in [3.8, 4) is 0 Å². The van der Waals surface area contributed by atoms with Gasteiger partial charge in [0.05, 0.1) is 5.41 Å². The number of nitrogens with zero attached hydrogens (tertiary/aromatic N) is 1. The molecule has 0 heterocycles. The molecule has 0 radical (unpaired) electrons. The van der Waals surface area contributed by atoms with E-state index in [4.69, 9.17) is 5.73 Å². The minimum Gasteiger partial charge on any atom is -0.355 e. The van der Waals surface area contributed by atoms with Gasteiger partial charge in [-0.2, -0.15) is 0 Å². The van der Waals surface area contributed by atoms with Crippen molar-refractivity contribution in [1.29, 1.82) is 0 Å². The number of amides is 2. The van der Waals surface area contributed by atoms with Crippen LogP contribution < -0.4 is 11.1 Å². The molecule has 2 atom stereocenters. The third-order valence-corrected chi connectivity index (χ3v) is 4.29. The molecule has 5 nitrogen and oxygen atoms in total. The van der Waals surface area contributed by atoms with Gasteiger partial charge < -0.3 is 16.0 Å². The number of hydrogen-bond donors (Lipinski definition) is 2. The zero-order valence-electron chi connectivity index (χ0n) is 12.4. The molecule has 0 saturated heterocycles. The zero-order valence-corrected chi connectivity index (χ0v) is 12.4. The van der Waals surface area contributed by atoms with Gasteiger partial charge in [0.2, 0.25) is 11.8 Å². The highest BCUT2D eigenvalue weighted by Gasteiger charge is 2.42. The first-order chi connectivity index (χ1) is 8.95. The molecular formula is C14H27N3O2. The Morgan fingerprint density at radius 1 is 1.37 bits per heavy atom. The molecule has 1 saturated carbocycles. The fourth-order valence-corrected chi connectivity index (χ4v) is 2.69. The number of hydrogen-bond acceptors (Lipinski definition) is 3. The first kappa shape index (κ1) is 16.0. The lowest BCUT2D eigenvalue weighted by Crippen LogP contribution is -2.48. The molecule has 19 heavy (non-hydrogen) atoms. The number of carbonyl (C=O) groups is 2. The molecule has 0 spiro atoms. The second kappa shape index (κ2) is 6.89. The first-order valence-electron chi connectivity index (χ1n) is 7.27. The average Bonchev–Trinajstić information content (AvgIpc) is 2.72. The Morgan fingerprint density at radius 2 is 2.00 bits per heavy atom. The molecule has 1 rings (SSSR count). The highest BCUT2D eigenvalue weighted by Crippen LogP contribution is 2.36. The van der Waals surface area contributed by atoms with Crippen LogP contribution in [0, 0.1) is 5.41 Å². The Bertz CT molecular complexity index is 329. The van der Waals surface area contributed by atoms with Gasteiger partial charge in [0.1, 0.15) is 0 Å². The van der Waals surface area contributed by atoms with Gasteiger partial charge in [-0.1, -0.05) is 6.42 Å². The fraction of sp³-hybridized carbons (Fsp3) is 0.857. The Kier molecular flexibility index (Phi) is 5.79. The summed E-state index contributed by atoms with van der Waals surface area (Å²) in [5, 5.41) is 2.86. The molecule has 2 amide bonds. The van der Waals surface area contributed by atoms with E-state index in [1.807, 2.05) is 20.8 Å². The van der Waals surface area contributed by atoms with Gasteiger partial charge in [-0.05, 0) is 33.6 Å². The molecular weight excluding hydrogens is 242 g/mol. The van der Waals surface area contributed by atoms with Crippen molar-refractivity contribution >= 4 is 11.8 Å². The van der Waals surface area contributed by atoms with Gasteiger partial charge >= 0.3 is 0 Å². The molecule has 0 aromatic carbocycles. The topological polar surface area (TPSA) is 75.4 Å². The van der Waals surface area contributed by atoms with Gasteiger partial charge in [0.15, 0.2) is 0 Å². The quantitative estimate of drug-likeness (QED) is 0.751. The smallest absolute Gasteiger partial charge is 0.227 e. The Hall–Kier alpha value is -1.10. The number of carbonyl (C=O) groups excluding carboxylic acids is 2. The Balaban J connectivity index is 2.37. The van der Waals surface area contributed by atoms with Crippen LogP contribution in [0.25, 0.3) is 0 Å². The molecule has 0 aromatic heterocycles. The normalized spacial score (nSPS) is 26.2. The number of rotatable bonds is 6. The second-order valence-corrected chi connectivity index (χ2v) is 5.49. The Morgan fingerprint density at radius 3 is 2.47 bits per heavy atom. The molecule has 0 aromatic rings. The van der Waals surface area contributed by atoms with Crippen molar-refractivity contribution in [3.05, 3.63) is 0 Å². The van der Waals surface area contributed by atoms with Crippen molar-refractivity contribution in [3.63, 3.8) is 0 Å². The average molecular weight is 269 g/mol.